The van der Waals surface area contributed by atoms with E-state index in [0.29, 0.717) is 5.25 Å². The monoisotopic (exact) mass is 270 g/mol. The van der Waals surface area contributed by atoms with E-state index in [1.54, 1.807) is 0 Å². The van der Waals surface area contributed by atoms with Crippen LogP contribution in [0.15, 0.2) is 0 Å². The van der Waals surface area contributed by atoms with E-state index in [2.05, 4.69) is 52.8 Å². The third-order valence-corrected chi connectivity index (χ3v) is 8.54. The highest BCUT2D eigenvalue weighted by Crippen LogP contribution is 2.52. The second-order valence-electron chi connectivity index (χ2n) is 3.82. The Morgan fingerprint density at radius 2 is 1.79 bits per heavy atom. The summed E-state index contributed by atoms with van der Waals surface area (Å²) in [4.78, 5) is 0. The Hall–Kier alpha value is 1.40. The molecule has 3 atom stereocenters. The summed E-state index contributed by atoms with van der Waals surface area (Å²) in [5, 5.41) is 0.405. The molecule has 0 aliphatic carbocycles. The molecule has 14 heavy (non-hydrogen) atoms. The molecule has 0 rings (SSSR count). The highest BCUT2D eigenvalue weighted by molar-refractivity contribution is 8.77. The van der Waals surface area contributed by atoms with E-state index in [1.165, 1.54) is 6.42 Å². The third-order valence-electron chi connectivity index (χ3n) is 3.21. The van der Waals surface area contributed by atoms with Gasteiger partial charge in [0.1, 0.15) is 0 Å². The van der Waals surface area contributed by atoms with Crippen LogP contribution in [0.25, 0.3) is 0 Å². The Bertz CT molecular complexity index is 172. The highest BCUT2D eigenvalue weighted by Gasteiger charge is 2.46. The van der Waals surface area contributed by atoms with Gasteiger partial charge in [-0.25, -0.2) is 0 Å². The molecule has 0 aliphatic rings. The van der Waals surface area contributed by atoms with Crippen LogP contribution in [0.3, 0.4) is 0 Å². The topological polar surface area (TPSA) is 0 Å². The van der Waals surface area contributed by atoms with E-state index in [4.69, 9.17) is 0 Å². The maximum atomic E-state index is 4.66. The van der Waals surface area contributed by atoms with Gasteiger partial charge in [0, 0.05) is 14.7 Å². The molecule has 86 valence electrons. The number of thiol groups is 1. The van der Waals surface area contributed by atoms with E-state index in [1.807, 2.05) is 33.3 Å². The highest BCUT2D eigenvalue weighted by atomic mass is 33.1. The molecule has 0 saturated carbocycles. The zero-order valence-electron chi connectivity index (χ0n) is 9.96. The number of hydrogen-bond acceptors (Lipinski definition) is 4. The predicted molar refractivity (Wildman–Crippen MR) is 80.2 cm³/mol. The van der Waals surface area contributed by atoms with Crippen LogP contribution in [0.2, 0.25) is 0 Å². The molecule has 0 spiro atoms. The van der Waals surface area contributed by atoms with Gasteiger partial charge in [0.2, 0.25) is 0 Å². The van der Waals surface area contributed by atoms with Crippen molar-refractivity contribution in [2.45, 2.75) is 48.9 Å². The molecule has 0 aromatic heterocycles. The van der Waals surface area contributed by atoms with Gasteiger partial charge >= 0.3 is 0 Å². The molecule has 0 bridgehead atoms. The lowest BCUT2D eigenvalue weighted by molar-refractivity contribution is 0.466. The van der Waals surface area contributed by atoms with Crippen molar-refractivity contribution in [3.63, 3.8) is 0 Å². The van der Waals surface area contributed by atoms with Crippen molar-refractivity contribution in [1.29, 1.82) is 0 Å². The van der Waals surface area contributed by atoms with Crippen LogP contribution in [-0.2, 0) is 0 Å². The SMILES string of the molecule is CCC(C)(SSC)C(C)(SC)C(C)S. The zero-order valence-corrected chi connectivity index (χ0v) is 13.3. The number of rotatable bonds is 6. The fourth-order valence-corrected chi connectivity index (χ4v) is 6.45. The van der Waals surface area contributed by atoms with E-state index in [9.17, 15) is 0 Å². The molecule has 0 saturated heterocycles. The van der Waals surface area contributed by atoms with Gasteiger partial charge in [0.25, 0.3) is 0 Å². The summed E-state index contributed by atoms with van der Waals surface area (Å²) in [6, 6.07) is 0. The van der Waals surface area contributed by atoms with Gasteiger partial charge < -0.3 is 0 Å². The minimum atomic E-state index is 0.221. The smallest absolute Gasteiger partial charge is 0.0394 e. The minimum absolute atomic E-state index is 0.221. The van der Waals surface area contributed by atoms with Crippen LogP contribution in [0.5, 0.6) is 0 Å². The molecule has 0 fully saturated rings. The molecule has 0 N–H and O–H groups in total. The van der Waals surface area contributed by atoms with Gasteiger partial charge in [-0.3, -0.25) is 0 Å². The summed E-state index contributed by atoms with van der Waals surface area (Å²) < 4.78 is 0.505. The Balaban J connectivity index is 4.93. The Morgan fingerprint density at radius 3 is 2.00 bits per heavy atom. The van der Waals surface area contributed by atoms with Gasteiger partial charge in [-0.2, -0.15) is 24.4 Å². The van der Waals surface area contributed by atoms with Crippen LogP contribution < -0.4 is 0 Å². The lowest BCUT2D eigenvalue weighted by atomic mass is 9.88. The molecular weight excluding hydrogens is 248 g/mol. The summed E-state index contributed by atoms with van der Waals surface area (Å²) >= 11 is 6.60. The minimum Gasteiger partial charge on any atom is -0.175 e. The summed E-state index contributed by atoms with van der Waals surface area (Å²) in [5.74, 6) is 0. The molecule has 0 aliphatic heterocycles. The second-order valence-corrected chi connectivity index (χ2v) is 8.75. The fraction of sp³-hybridized carbons (Fsp3) is 1.00. The van der Waals surface area contributed by atoms with Gasteiger partial charge in [0.05, 0.1) is 0 Å². The van der Waals surface area contributed by atoms with Crippen LogP contribution in [-0.4, -0.2) is 27.3 Å². The van der Waals surface area contributed by atoms with Crippen molar-refractivity contribution >= 4 is 46.0 Å². The predicted octanol–water partition coefficient (Wildman–Crippen LogP) is 4.61. The van der Waals surface area contributed by atoms with Crippen molar-refractivity contribution in [2.75, 3.05) is 12.5 Å². The quantitative estimate of drug-likeness (QED) is 0.553. The standard InChI is InChI=1S/C10H22S4/c1-7-9(3,14-13-6)10(4,12-5)8(2)11/h8,11H,7H2,1-6H3. The maximum absolute atomic E-state index is 4.66. The maximum Gasteiger partial charge on any atom is 0.0394 e. The normalized spacial score (nSPS) is 22.5. The fourth-order valence-electron chi connectivity index (χ4n) is 1.50. The lowest BCUT2D eigenvalue weighted by Crippen LogP contribution is -2.49. The first kappa shape index (κ1) is 15.4. The molecule has 0 aromatic rings. The Labute approximate surface area is 107 Å². The van der Waals surface area contributed by atoms with E-state index >= 15 is 0 Å². The number of hydrogen-bond donors (Lipinski definition) is 1. The van der Waals surface area contributed by atoms with Crippen LogP contribution in [0, 0.1) is 0 Å². The summed E-state index contributed by atoms with van der Waals surface area (Å²) in [5.41, 5.74) is 0. The first-order valence-corrected chi connectivity index (χ1v) is 9.13. The van der Waals surface area contributed by atoms with Crippen molar-refractivity contribution in [1.82, 2.24) is 0 Å². The van der Waals surface area contributed by atoms with E-state index in [0.717, 1.165) is 0 Å². The average Bonchev–Trinajstić information content (AvgIpc) is 2.16. The van der Waals surface area contributed by atoms with Crippen LogP contribution >= 0.6 is 46.0 Å². The van der Waals surface area contributed by atoms with Gasteiger partial charge in [-0.05, 0) is 32.8 Å². The molecule has 0 amide bonds. The van der Waals surface area contributed by atoms with E-state index in [-0.39, 0.29) is 9.49 Å². The van der Waals surface area contributed by atoms with Crippen molar-refractivity contribution in [3.05, 3.63) is 0 Å². The van der Waals surface area contributed by atoms with Gasteiger partial charge in [-0.15, -0.1) is 0 Å². The molecule has 0 heterocycles. The summed E-state index contributed by atoms with van der Waals surface area (Å²) in [7, 11) is 3.85. The number of thioether (sulfide) groups is 1. The van der Waals surface area contributed by atoms with Gasteiger partial charge in [-0.1, -0.05) is 35.4 Å². The molecule has 0 nitrogen and oxygen atoms in total. The molecule has 0 radical (unpaired) electrons. The third kappa shape index (κ3) is 2.96. The first-order valence-electron chi connectivity index (χ1n) is 4.83. The van der Waals surface area contributed by atoms with Crippen LogP contribution in [0.1, 0.15) is 34.1 Å². The molecule has 0 aromatic carbocycles. The largest absolute Gasteiger partial charge is 0.175 e. The van der Waals surface area contributed by atoms with Crippen molar-refractivity contribution in [2.24, 2.45) is 0 Å². The molecule has 3 unspecified atom stereocenters. The Morgan fingerprint density at radius 1 is 1.29 bits per heavy atom. The Kier molecular flexibility index (Phi) is 6.83. The lowest BCUT2D eigenvalue weighted by Gasteiger charge is -2.46. The average molecular weight is 271 g/mol. The van der Waals surface area contributed by atoms with Crippen LogP contribution in [0.4, 0.5) is 0 Å². The summed E-state index contributed by atoms with van der Waals surface area (Å²) in [6.07, 6.45) is 5.53. The van der Waals surface area contributed by atoms with E-state index < -0.39 is 0 Å². The zero-order chi connectivity index (χ0) is 11.4. The molecule has 4 heteroatoms. The second kappa shape index (κ2) is 6.21. The van der Waals surface area contributed by atoms with Gasteiger partial charge in [0.15, 0.2) is 0 Å². The first-order chi connectivity index (χ1) is 6.38. The van der Waals surface area contributed by atoms with Crippen molar-refractivity contribution < 1.29 is 0 Å². The summed E-state index contributed by atoms with van der Waals surface area (Å²) in [6.45, 7) is 9.17. The van der Waals surface area contributed by atoms with Crippen molar-refractivity contribution in [3.8, 4) is 0 Å². The molecular formula is C10H22S4.